The summed E-state index contributed by atoms with van der Waals surface area (Å²) < 4.78 is 5.73. The summed E-state index contributed by atoms with van der Waals surface area (Å²) in [7, 11) is 1.80. The average molecular weight is 272 g/mol. The van der Waals surface area contributed by atoms with Gasteiger partial charge in [0.15, 0.2) is 0 Å². The molecule has 3 nitrogen and oxygen atoms in total. The van der Waals surface area contributed by atoms with Gasteiger partial charge in [-0.05, 0) is 30.0 Å². The minimum Gasteiger partial charge on any atom is -0.379 e. The van der Waals surface area contributed by atoms with Crippen LogP contribution in [0.15, 0.2) is 36.7 Å². The van der Waals surface area contributed by atoms with Crippen LogP contribution in [0.2, 0.25) is 0 Å². The molecule has 0 amide bonds. The Morgan fingerprint density at radius 2 is 2.10 bits per heavy atom. The molecule has 108 valence electrons. The number of pyridine rings is 1. The molecule has 0 saturated heterocycles. The third kappa shape index (κ3) is 3.17. The highest BCUT2D eigenvalue weighted by Crippen LogP contribution is 2.28. The van der Waals surface area contributed by atoms with E-state index >= 15 is 0 Å². The van der Waals surface area contributed by atoms with Crippen molar-refractivity contribution in [3.05, 3.63) is 42.2 Å². The molecule has 0 aliphatic rings. The third-order valence-corrected chi connectivity index (χ3v) is 3.72. The van der Waals surface area contributed by atoms with Crippen LogP contribution in [0.1, 0.15) is 38.3 Å². The highest BCUT2D eigenvalue weighted by molar-refractivity contribution is 5.85. The Labute approximate surface area is 121 Å². The summed E-state index contributed by atoms with van der Waals surface area (Å²) in [4.78, 5) is 4.28. The van der Waals surface area contributed by atoms with Crippen molar-refractivity contribution in [1.29, 1.82) is 0 Å². The largest absolute Gasteiger partial charge is 0.379 e. The lowest BCUT2D eigenvalue weighted by atomic mass is 9.94. The van der Waals surface area contributed by atoms with Gasteiger partial charge < -0.3 is 10.1 Å². The van der Waals surface area contributed by atoms with Gasteiger partial charge in [-0.2, -0.15) is 0 Å². The van der Waals surface area contributed by atoms with Gasteiger partial charge in [0.25, 0.3) is 0 Å². The van der Waals surface area contributed by atoms with Crippen molar-refractivity contribution in [2.75, 3.05) is 13.7 Å². The Morgan fingerprint density at radius 1 is 1.25 bits per heavy atom. The zero-order chi connectivity index (χ0) is 14.4. The van der Waals surface area contributed by atoms with E-state index in [-0.39, 0.29) is 12.1 Å². The van der Waals surface area contributed by atoms with Crippen molar-refractivity contribution < 1.29 is 4.74 Å². The molecule has 1 heterocycles. The molecular weight excluding hydrogens is 248 g/mol. The van der Waals surface area contributed by atoms with Crippen molar-refractivity contribution in [2.45, 2.75) is 38.8 Å². The van der Waals surface area contributed by atoms with Crippen LogP contribution in [0.25, 0.3) is 10.8 Å². The number of nitrogens with zero attached hydrogens (tertiary/aromatic N) is 1. The zero-order valence-electron chi connectivity index (χ0n) is 12.6. The summed E-state index contributed by atoms with van der Waals surface area (Å²) >= 11 is 0. The van der Waals surface area contributed by atoms with Crippen molar-refractivity contribution in [3.8, 4) is 0 Å². The molecule has 1 aromatic carbocycles. The van der Waals surface area contributed by atoms with Gasteiger partial charge in [-0.25, -0.2) is 0 Å². The Morgan fingerprint density at radius 3 is 2.80 bits per heavy atom. The molecular formula is C17H24N2O. The number of fused-ring (bicyclic) bond motifs is 1. The van der Waals surface area contributed by atoms with Gasteiger partial charge in [-0.1, -0.05) is 38.5 Å². The first-order valence-corrected chi connectivity index (χ1v) is 7.40. The minimum absolute atomic E-state index is 0.186. The Balaban J connectivity index is 2.45. The van der Waals surface area contributed by atoms with Gasteiger partial charge in [0, 0.05) is 24.9 Å². The molecule has 20 heavy (non-hydrogen) atoms. The molecule has 2 aromatic rings. The first-order valence-electron chi connectivity index (χ1n) is 7.40. The molecule has 0 spiro atoms. The maximum Gasteiger partial charge on any atom is 0.0766 e. The minimum atomic E-state index is 0.186. The van der Waals surface area contributed by atoms with Crippen molar-refractivity contribution in [1.82, 2.24) is 10.3 Å². The van der Waals surface area contributed by atoms with Crippen molar-refractivity contribution in [2.24, 2.45) is 0 Å². The summed E-state index contributed by atoms with van der Waals surface area (Å²) in [6.45, 7) is 5.25. The van der Waals surface area contributed by atoms with Gasteiger partial charge in [0.05, 0.1) is 12.1 Å². The lowest BCUT2D eigenvalue weighted by molar-refractivity contribution is 0.0615. The number of ether oxygens (including phenoxy) is 1. The molecule has 2 rings (SSSR count). The smallest absolute Gasteiger partial charge is 0.0766 e. The highest BCUT2D eigenvalue weighted by Gasteiger charge is 2.23. The molecule has 2 atom stereocenters. The van der Waals surface area contributed by atoms with Gasteiger partial charge in [-0.15, -0.1) is 0 Å². The summed E-state index contributed by atoms with van der Waals surface area (Å²) in [6.07, 6.45) is 6.14. The molecule has 3 heteroatoms. The second-order valence-corrected chi connectivity index (χ2v) is 5.04. The predicted molar refractivity (Wildman–Crippen MR) is 83.9 cm³/mol. The molecule has 0 radical (unpaired) electrons. The first-order chi connectivity index (χ1) is 9.81. The number of methoxy groups -OCH3 is 1. The van der Waals surface area contributed by atoms with Crippen LogP contribution in [0.3, 0.4) is 0 Å². The fraction of sp³-hybridized carbons (Fsp3) is 0.471. The summed E-state index contributed by atoms with van der Waals surface area (Å²) in [5.41, 5.74) is 1.28. The second-order valence-electron chi connectivity index (χ2n) is 5.04. The quantitative estimate of drug-likeness (QED) is 0.834. The third-order valence-electron chi connectivity index (χ3n) is 3.72. The molecule has 0 aliphatic carbocycles. The Hall–Kier alpha value is -1.45. The van der Waals surface area contributed by atoms with Crippen LogP contribution >= 0.6 is 0 Å². The van der Waals surface area contributed by atoms with Crippen LogP contribution in [0.4, 0.5) is 0 Å². The number of benzene rings is 1. The van der Waals surface area contributed by atoms with Crippen LogP contribution < -0.4 is 5.32 Å². The van der Waals surface area contributed by atoms with Crippen LogP contribution in [-0.4, -0.2) is 24.7 Å². The molecule has 0 fully saturated rings. The summed E-state index contributed by atoms with van der Waals surface area (Å²) in [6, 6.07) is 8.69. The van der Waals surface area contributed by atoms with Crippen LogP contribution in [0.5, 0.6) is 0 Å². The summed E-state index contributed by atoms with van der Waals surface area (Å²) in [5, 5.41) is 6.01. The van der Waals surface area contributed by atoms with E-state index in [1.54, 1.807) is 7.11 Å². The van der Waals surface area contributed by atoms with E-state index < -0.39 is 0 Å². The van der Waals surface area contributed by atoms with E-state index in [9.17, 15) is 0 Å². The van der Waals surface area contributed by atoms with Gasteiger partial charge in [0.2, 0.25) is 0 Å². The zero-order valence-corrected chi connectivity index (χ0v) is 12.6. The number of nitrogens with one attached hydrogen (secondary N) is 1. The highest BCUT2D eigenvalue weighted by atomic mass is 16.5. The molecule has 1 aromatic heterocycles. The van der Waals surface area contributed by atoms with Crippen molar-refractivity contribution >= 4 is 10.8 Å². The van der Waals surface area contributed by atoms with E-state index in [1.165, 1.54) is 16.3 Å². The Bertz CT molecular complexity index is 536. The second kappa shape index (κ2) is 7.36. The lowest BCUT2D eigenvalue weighted by Crippen LogP contribution is -2.33. The predicted octanol–water partition coefficient (Wildman–Crippen LogP) is 3.70. The van der Waals surface area contributed by atoms with Crippen LogP contribution in [-0.2, 0) is 4.74 Å². The van der Waals surface area contributed by atoms with E-state index in [0.29, 0.717) is 0 Å². The molecule has 1 N–H and O–H groups in total. The van der Waals surface area contributed by atoms with Gasteiger partial charge in [0.1, 0.15) is 0 Å². The standard InChI is InChI=1S/C17H24N2O/c1-4-7-16(20-3)17(19-5-2)14-9-6-8-13-10-11-18-12-15(13)14/h6,8-12,16-17,19H,4-5,7H2,1-3H3. The number of hydrogen-bond donors (Lipinski definition) is 1. The fourth-order valence-corrected chi connectivity index (χ4v) is 2.77. The van der Waals surface area contributed by atoms with E-state index in [2.05, 4.69) is 48.4 Å². The van der Waals surface area contributed by atoms with E-state index in [0.717, 1.165) is 19.4 Å². The molecule has 0 saturated carbocycles. The maximum absolute atomic E-state index is 5.73. The normalized spacial score (nSPS) is 14.3. The SMILES string of the molecule is CCCC(OC)C(NCC)c1cccc2ccncc12. The fourth-order valence-electron chi connectivity index (χ4n) is 2.77. The maximum atomic E-state index is 5.73. The van der Waals surface area contributed by atoms with Gasteiger partial charge in [-0.3, -0.25) is 4.98 Å². The molecule has 2 unspecified atom stereocenters. The van der Waals surface area contributed by atoms with Crippen LogP contribution in [0, 0.1) is 0 Å². The Kier molecular flexibility index (Phi) is 5.50. The number of hydrogen-bond acceptors (Lipinski definition) is 3. The molecule has 0 bridgehead atoms. The number of rotatable bonds is 7. The van der Waals surface area contributed by atoms with E-state index in [4.69, 9.17) is 4.74 Å². The topological polar surface area (TPSA) is 34.1 Å². The number of aromatic nitrogens is 1. The van der Waals surface area contributed by atoms with Crippen molar-refractivity contribution in [3.63, 3.8) is 0 Å². The number of likely N-dealkylation sites (N-methyl/N-ethyl adjacent to an activating group) is 1. The van der Waals surface area contributed by atoms with Gasteiger partial charge >= 0.3 is 0 Å². The average Bonchev–Trinajstić information content (AvgIpc) is 2.50. The van der Waals surface area contributed by atoms with E-state index in [1.807, 2.05) is 12.4 Å². The lowest BCUT2D eigenvalue weighted by Gasteiger charge is -2.28. The summed E-state index contributed by atoms with van der Waals surface area (Å²) in [5.74, 6) is 0. The monoisotopic (exact) mass is 272 g/mol. The first kappa shape index (κ1) is 14.9. The molecule has 0 aliphatic heterocycles.